The molecule has 2 aromatic rings. The molecule has 0 aliphatic rings. The van der Waals surface area contributed by atoms with Crippen LogP contribution in [0.15, 0.2) is 36.5 Å². The highest BCUT2D eigenvalue weighted by atomic mass is 16.5. The number of carbonyl (C=O) groups excluding carboxylic acids is 1. The minimum atomic E-state index is -0.369. The predicted octanol–water partition coefficient (Wildman–Crippen LogP) is 2.60. The molecule has 0 aliphatic heterocycles. The van der Waals surface area contributed by atoms with Crippen LogP contribution in [0.5, 0.6) is 0 Å². The second kappa shape index (κ2) is 5.49. The van der Waals surface area contributed by atoms with E-state index in [9.17, 15) is 4.79 Å². The van der Waals surface area contributed by atoms with Crippen LogP contribution in [-0.2, 0) is 9.53 Å². The van der Waals surface area contributed by atoms with Crippen LogP contribution < -0.4 is 5.32 Å². The number of benzene rings is 1. The average molecular weight is 244 g/mol. The fourth-order valence-corrected chi connectivity index (χ4v) is 1.73. The second-order valence-electron chi connectivity index (χ2n) is 4.03. The summed E-state index contributed by atoms with van der Waals surface area (Å²) in [4.78, 5) is 15.8. The van der Waals surface area contributed by atoms with Gasteiger partial charge in [-0.3, -0.25) is 4.98 Å². The molecule has 0 bridgehead atoms. The van der Waals surface area contributed by atoms with Crippen molar-refractivity contribution >= 4 is 22.6 Å². The smallest absolute Gasteiger partial charge is 0.328 e. The van der Waals surface area contributed by atoms with Crippen molar-refractivity contribution in [2.24, 2.45) is 0 Å². The van der Waals surface area contributed by atoms with E-state index in [0.29, 0.717) is 6.61 Å². The van der Waals surface area contributed by atoms with E-state index in [1.54, 1.807) is 20.0 Å². The van der Waals surface area contributed by atoms with Crippen LogP contribution in [-0.4, -0.2) is 23.6 Å². The van der Waals surface area contributed by atoms with Crippen LogP contribution in [0.4, 0.5) is 5.69 Å². The lowest BCUT2D eigenvalue weighted by atomic mass is 10.2. The molecule has 1 atom stereocenters. The first-order valence-corrected chi connectivity index (χ1v) is 5.98. The molecule has 1 aromatic heterocycles. The average Bonchev–Trinajstić information content (AvgIpc) is 2.39. The third-order valence-corrected chi connectivity index (χ3v) is 2.63. The Hall–Kier alpha value is -2.10. The molecule has 0 unspecified atom stereocenters. The third kappa shape index (κ3) is 2.77. The molecule has 0 fully saturated rings. The molecule has 94 valence electrons. The number of pyridine rings is 1. The molecule has 18 heavy (non-hydrogen) atoms. The molecular weight excluding hydrogens is 228 g/mol. The maximum atomic E-state index is 11.5. The van der Waals surface area contributed by atoms with Gasteiger partial charge in [0.2, 0.25) is 0 Å². The highest BCUT2D eigenvalue weighted by Gasteiger charge is 2.13. The summed E-state index contributed by atoms with van der Waals surface area (Å²) >= 11 is 0. The monoisotopic (exact) mass is 244 g/mol. The minimum absolute atomic E-state index is 0.251. The number of anilines is 1. The van der Waals surface area contributed by atoms with Crippen molar-refractivity contribution < 1.29 is 9.53 Å². The molecule has 0 saturated heterocycles. The first kappa shape index (κ1) is 12.4. The van der Waals surface area contributed by atoms with Crippen LogP contribution in [0.2, 0.25) is 0 Å². The first-order valence-electron chi connectivity index (χ1n) is 5.98. The van der Waals surface area contributed by atoms with E-state index in [-0.39, 0.29) is 12.0 Å². The number of esters is 1. The zero-order valence-electron chi connectivity index (χ0n) is 10.5. The number of ether oxygens (including phenoxy) is 1. The zero-order valence-corrected chi connectivity index (χ0v) is 10.5. The fraction of sp³-hybridized carbons (Fsp3) is 0.286. The van der Waals surface area contributed by atoms with E-state index >= 15 is 0 Å². The van der Waals surface area contributed by atoms with Crippen molar-refractivity contribution in [2.75, 3.05) is 11.9 Å². The summed E-state index contributed by atoms with van der Waals surface area (Å²) in [5.74, 6) is -0.251. The van der Waals surface area contributed by atoms with Crippen LogP contribution in [0.1, 0.15) is 13.8 Å². The van der Waals surface area contributed by atoms with Gasteiger partial charge in [0.1, 0.15) is 6.04 Å². The number of hydrogen-bond acceptors (Lipinski definition) is 4. The second-order valence-corrected chi connectivity index (χ2v) is 4.03. The summed E-state index contributed by atoms with van der Waals surface area (Å²) in [5.41, 5.74) is 1.76. The number of hydrogen-bond donors (Lipinski definition) is 1. The lowest BCUT2D eigenvalue weighted by molar-refractivity contribution is -0.143. The van der Waals surface area contributed by atoms with Gasteiger partial charge < -0.3 is 10.1 Å². The minimum Gasteiger partial charge on any atom is -0.464 e. The third-order valence-electron chi connectivity index (χ3n) is 2.63. The molecule has 0 spiro atoms. The number of nitrogens with one attached hydrogen (secondary N) is 1. The molecule has 4 heteroatoms. The van der Waals surface area contributed by atoms with Gasteiger partial charge in [-0.1, -0.05) is 12.1 Å². The Balaban J connectivity index is 2.14. The Kier molecular flexibility index (Phi) is 3.77. The highest BCUT2D eigenvalue weighted by Crippen LogP contribution is 2.17. The van der Waals surface area contributed by atoms with Crippen LogP contribution in [0, 0.1) is 0 Å². The predicted molar refractivity (Wildman–Crippen MR) is 71.5 cm³/mol. The van der Waals surface area contributed by atoms with Gasteiger partial charge in [0.05, 0.1) is 12.1 Å². The Labute approximate surface area is 106 Å². The van der Waals surface area contributed by atoms with Crippen LogP contribution in [0.25, 0.3) is 10.9 Å². The van der Waals surface area contributed by atoms with E-state index in [1.165, 1.54) is 0 Å². The fourth-order valence-electron chi connectivity index (χ4n) is 1.73. The zero-order chi connectivity index (χ0) is 13.0. The first-order chi connectivity index (χ1) is 8.70. The standard InChI is InChI=1S/C14H16N2O2/c1-3-18-14(17)10(2)16-12-7-6-11-5-4-8-15-13(11)9-12/h4-10,16H,3H2,1-2H3/t10-/m1/s1. The number of nitrogens with zero attached hydrogens (tertiary/aromatic N) is 1. The molecule has 1 heterocycles. The molecule has 0 aliphatic carbocycles. The summed E-state index contributed by atoms with van der Waals surface area (Å²) in [6.07, 6.45) is 1.75. The summed E-state index contributed by atoms with van der Waals surface area (Å²) in [5, 5.41) is 4.18. The van der Waals surface area contributed by atoms with Gasteiger partial charge in [0.25, 0.3) is 0 Å². The quantitative estimate of drug-likeness (QED) is 0.840. The largest absolute Gasteiger partial charge is 0.464 e. The summed E-state index contributed by atoms with van der Waals surface area (Å²) < 4.78 is 4.95. The molecule has 0 saturated carbocycles. The Bertz CT molecular complexity index is 554. The molecule has 2 rings (SSSR count). The van der Waals surface area contributed by atoms with E-state index < -0.39 is 0 Å². The van der Waals surface area contributed by atoms with E-state index in [1.807, 2.05) is 30.3 Å². The lowest BCUT2D eigenvalue weighted by Gasteiger charge is -2.14. The molecular formula is C14H16N2O2. The summed E-state index contributed by atoms with van der Waals surface area (Å²) in [6.45, 7) is 3.97. The highest BCUT2D eigenvalue weighted by molar-refractivity contribution is 5.84. The van der Waals surface area contributed by atoms with Crippen molar-refractivity contribution in [1.82, 2.24) is 4.98 Å². The Morgan fingerprint density at radius 2 is 2.28 bits per heavy atom. The maximum Gasteiger partial charge on any atom is 0.328 e. The van der Waals surface area contributed by atoms with Gasteiger partial charge in [-0.2, -0.15) is 0 Å². The van der Waals surface area contributed by atoms with E-state index in [4.69, 9.17) is 4.74 Å². The van der Waals surface area contributed by atoms with E-state index in [2.05, 4.69) is 10.3 Å². The van der Waals surface area contributed by atoms with Crippen molar-refractivity contribution in [1.29, 1.82) is 0 Å². The topological polar surface area (TPSA) is 51.2 Å². The lowest BCUT2D eigenvalue weighted by Crippen LogP contribution is -2.28. The molecule has 0 radical (unpaired) electrons. The number of carbonyl (C=O) groups is 1. The summed E-state index contributed by atoms with van der Waals surface area (Å²) in [6, 6.07) is 9.36. The normalized spacial score (nSPS) is 12.1. The van der Waals surface area contributed by atoms with Crippen molar-refractivity contribution in [2.45, 2.75) is 19.9 Å². The molecule has 0 amide bonds. The maximum absolute atomic E-state index is 11.5. The van der Waals surface area contributed by atoms with Gasteiger partial charge in [0.15, 0.2) is 0 Å². The van der Waals surface area contributed by atoms with Gasteiger partial charge in [-0.15, -0.1) is 0 Å². The van der Waals surface area contributed by atoms with Gasteiger partial charge in [-0.05, 0) is 32.0 Å². The van der Waals surface area contributed by atoms with Crippen molar-refractivity contribution in [3.8, 4) is 0 Å². The van der Waals surface area contributed by atoms with E-state index in [0.717, 1.165) is 16.6 Å². The van der Waals surface area contributed by atoms with Crippen LogP contribution >= 0.6 is 0 Å². The van der Waals surface area contributed by atoms with Crippen molar-refractivity contribution in [3.05, 3.63) is 36.5 Å². The SMILES string of the molecule is CCOC(=O)[C@@H](C)Nc1ccc2cccnc2c1. The van der Waals surface area contributed by atoms with Crippen LogP contribution in [0.3, 0.4) is 0 Å². The Morgan fingerprint density at radius 1 is 1.44 bits per heavy atom. The number of fused-ring (bicyclic) bond motifs is 1. The number of aromatic nitrogens is 1. The van der Waals surface area contributed by atoms with Gasteiger partial charge in [0, 0.05) is 17.3 Å². The van der Waals surface area contributed by atoms with Crippen molar-refractivity contribution in [3.63, 3.8) is 0 Å². The molecule has 1 N–H and O–H groups in total. The van der Waals surface area contributed by atoms with Gasteiger partial charge in [-0.25, -0.2) is 4.79 Å². The molecule has 1 aromatic carbocycles. The Morgan fingerprint density at radius 3 is 3.06 bits per heavy atom. The van der Waals surface area contributed by atoms with Gasteiger partial charge >= 0.3 is 5.97 Å². The number of rotatable bonds is 4. The molecule has 4 nitrogen and oxygen atoms in total. The summed E-state index contributed by atoms with van der Waals surface area (Å²) in [7, 11) is 0.